The van der Waals surface area contributed by atoms with E-state index in [2.05, 4.69) is 25.9 Å². The van der Waals surface area contributed by atoms with E-state index in [0.717, 1.165) is 6.04 Å². The second kappa shape index (κ2) is 3.21. The third-order valence-corrected chi connectivity index (χ3v) is 2.65. The molecule has 0 radical (unpaired) electrons. The van der Waals surface area contributed by atoms with Crippen molar-refractivity contribution in [3.8, 4) is 0 Å². The SMILES string of the molecule is CC(C[SiH3])N(C)C. The smallest absolute Gasteiger partial charge is 0.00476 e. The van der Waals surface area contributed by atoms with Crippen molar-refractivity contribution in [3.63, 3.8) is 0 Å². The average Bonchev–Trinajstić information content (AvgIpc) is 1.65. The van der Waals surface area contributed by atoms with Gasteiger partial charge >= 0.3 is 0 Å². The summed E-state index contributed by atoms with van der Waals surface area (Å²) in [5, 5.41) is 0. The highest BCUT2D eigenvalue weighted by atomic mass is 28.1. The first-order valence-corrected chi connectivity index (χ1v) is 4.26. The zero-order chi connectivity index (χ0) is 5.86. The van der Waals surface area contributed by atoms with Crippen LogP contribution in [-0.4, -0.2) is 35.3 Å². The first-order chi connectivity index (χ1) is 3.18. The van der Waals surface area contributed by atoms with Crippen LogP contribution in [0.3, 0.4) is 0 Å². The Kier molecular flexibility index (Phi) is 3.30. The van der Waals surface area contributed by atoms with E-state index in [0.29, 0.717) is 0 Å². The van der Waals surface area contributed by atoms with Crippen LogP contribution in [0.15, 0.2) is 0 Å². The Hall–Kier alpha value is 0.177. The molecule has 7 heavy (non-hydrogen) atoms. The zero-order valence-electron chi connectivity index (χ0n) is 5.73. The van der Waals surface area contributed by atoms with Crippen molar-refractivity contribution in [1.82, 2.24) is 4.90 Å². The summed E-state index contributed by atoms with van der Waals surface area (Å²) < 4.78 is 0. The summed E-state index contributed by atoms with van der Waals surface area (Å²) in [4.78, 5) is 2.26. The second-order valence-electron chi connectivity index (χ2n) is 2.22. The first-order valence-electron chi connectivity index (χ1n) is 2.85. The molecule has 0 aliphatic rings. The van der Waals surface area contributed by atoms with E-state index in [4.69, 9.17) is 0 Å². The molecule has 0 bridgehead atoms. The Labute approximate surface area is 49.1 Å². The Morgan fingerprint density at radius 2 is 2.00 bits per heavy atom. The van der Waals surface area contributed by atoms with Gasteiger partial charge in [-0.25, -0.2) is 0 Å². The van der Waals surface area contributed by atoms with Gasteiger partial charge in [-0.1, -0.05) is 6.04 Å². The quantitative estimate of drug-likeness (QED) is 0.450. The molecule has 1 nitrogen and oxygen atoms in total. The van der Waals surface area contributed by atoms with Crippen LogP contribution in [0.2, 0.25) is 6.04 Å². The van der Waals surface area contributed by atoms with E-state index in [1.54, 1.807) is 0 Å². The summed E-state index contributed by atoms with van der Waals surface area (Å²) in [6, 6.07) is 2.18. The molecule has 44 valence electrons. The van der Waals surface area contributed by atoms with Gasteiger partial charge in [0.15, 0.2) is 0 Å². The largest absolute Gasteiger partial charge is 0.307 e. The fourth-order valence-corrected chi connectivity index (χ4v) is 1.10. The van der Waals surface area contributed by atoms with Crippen molar-refractivity contribution in [3.05, 3.63) is 0 Å². The second-order valence-corrected chi connectivity index (χ2v) is 3.04. The molecule has 2 heteroatoms. The molecule has 0 aromatic rings. The van der Waals surface area contributed by atoms with Crippen LogP contribution in [0.4, 0.5) is 0 Å². The van der Waals surface area contributed by atoms with E-state index < -0.39 is 0 Å². The number of nitrogens with zero attached hydrogens (tertiary/aromatic N) is 1. The molecular formula is C5H15NSi. The summed E-state index contributed by atoms with van der Waals surface area (Å²) in [7, 11) is 5.58. The molecule has 0 amide bonds. The van der Waals surface area contributed by atoms with Crippen LogP contribution in [-0.2, 0) is 0 Å². The summed E-state index contributed by atoms with van der Waals surface area (Å²) >= 11 is 0. The standard InChI is InChI=1S/C5H15NSi/c1-5(4-7)6(2)3/h5H,4H2,1-3,7H3. The molecule has 0 spiro atoms. The van der Waals surface area contributed by atoms with E-state index in [9.17, 15) is 0 Å². The molecule has 0 aromatic heterocycles. The molecule has 0 aliphatic heterocycles. The Balaban J connectivity index is 3.14. The predicted molar refractivity (Wildman–Crippen MR) is 37.9 cm³/mol. The summed E-state index contributed by atoms with van der Waals surface area (Å²) in [6.07, 6.45) is 0. The summed E-state index contributed by atoms with van der Waals surface area (Å²) in [6.45, 7) is 2.26. The van der Waals surface area contributed by atoms with Crippen molar-refractivity contribution < 1.29 is 0 Å². The summed E-state index contributed by atoms with van der Waals surface area (Å²) in [5.74, 6) is 0. The molecule has 1 unspecified atom stereocenters. The normalized spacial score (nSPS) is 15.4. The zero-order valence-corrected chi connectivity index (χ0v) is 7.73. The Morgan fingerprint density at radius 3 is 2.00 bits per heavy atom. The molecule has 0 heterocycles. The predicted octanol–water partition coefficient (Wildman–Crippen LogP) is -0.280. The molecule has 0 fully saturated rings. The first kappa shape index (κ1) is 7.18. The minimum Gasteiger partial charge on any atom is -0.307 e. The molecule has 0 N–H and O–H groups in total. The fraction of sp³-hybridized carbons (Fsp3) is 1.00. The molecule has 0 aliphatic carbocycles. The van der Waals surface area contributed by atoms with E-state index in [-0.39, 0.29) is 0 Å². The van der Waals surface area contributed by atoms with Crippen LogP contribution in [0, 0.1) is 0 Å². The molecule has 0 rings (SSSR count). The minimum atomic E-state index is 0.798. The maximum atomic E-state index is 2.26. The van der Waals surface area contributed by atoms with Gasteiger partial charge in [-0.2, -0.15) is 0 Å². The van der Waals surface area contributed by atoms with Gasteiger partial charge in [-0.15, -0.1) is 0 Å². The van der Waals surface area contributed by atoms with Crippen LogP contribution >= 0.6 is 0 Å². The van der Waals surface area contributed by atoms with Crippen molar-refractivity contribution in [2.75, 3.05) is 14.1 Å². The molecule has 0 saturated carbocycles. The van der Waals surface area contributed by atoms with Gasteiger partial charge in [0, 0.05) is 16.3 Å². The topological polar surface area (TPSA) is 3.24 Å². The van der Waals surface area contributed by atoms with Crippen LogP contribution in [0.5, 0.6) is 0 Å². The van der Waals surface area contributed by atoms with Gasteiger partial charge in [0.05, 0.1) is 0 Å². The lowest BCUT2D eigenvalue weighted by molar-refractivity contribution is 0.335. The van der Waals surface area contributed by atoms with E-state index in [1.165, 1.54) is 16.3 Å². The molecular weight excluding hydrogens is 102 g/mol. The summed E-state index contributed by atoms with van der Waals surface area (Å²) in [5.41, 5.74) is 0. The van der Waals surface area contributed by atoms with E-state index >= 15 is 0 Å². The third kappa shape index (κ3) is 2.82. The lowest BCUT2D eigenvalue weighted by atomic mass is 10.4. The van der Waals surface area contributed by atoms with Gasteiger partial charge in [-0.3, -0.25) is 0 Å². The van der Waals surface area contributed by atoms with Crippen molar-refractivity contribution in [2.45, 2.75) is 19.0 Å². The van der Waals surface area contributed by atoms with Gasteiger partial charge in [0.1, 0.15) is 0 Å². The molecule has 1 atom stereocenters. The highest BCUT2D eigenvalue weighted by Gasteiger charge is 1.96. The van der Waals surface area contributed by atoms with Crippen molar-refractivity contribution in [2.24, 2.45) is 0 Å². The number of hydrogen-bond acceptors (Lipinski definition) is 1. The van der Waals surface area contributed by atoms with Gasteiger partial charge in [0.25, 0.3) is 0 Å². The molecule has 0 aromatic carbocycles. The Morgan fingerprint density at radius 1 is 1.57 bits per heavy atom. The third-order valence-electron chi connectivity index (χ3n) is 1.47. The highest BCUT2D eigenvalue weighted by molar-refractivity contribution is 6.08. The lowest BCUT2D eigenvalue weighted by Crippen LogP contribution is -2.23. The van der Waals surface area contributed by atoms with Crippen molar-refractivity contribution in [1.29, 1.82) is 0 Å². The van der Waals surface area contributed by atoms with Gasteiger partial charge in [0.2, 0.25) is 0 Å². The average molecular weight is 117 g/mol. The lowest BCUT2D eigenvalue weighted by Gasteiger charge is -2.16. The van der Waals surface area contributed by atoms with Crippen LogP contribution in [0.1, 0.15) is 6.92 Å². The minimum absolute atomic E-state index is 0.798. The number of rotatable bonds is 2. The molecule has 0 saturated heterocycles. The highest BCUT2D eigenvalue weighted by Crippen LogP contribution is 1.92. The monoisotopic (exact) mass is 117 g/mol. The maximum Gasteiger partial charge on any atom is 0.00476 e. The van der Waals surface area contributed by atoms with Crippen LogP contribution < -0.4 is 0 Å². The van der Waals surface area contributed by atoms with Crippen molar-refractivity contribution >= 4 is 10.2 Å². The van der Waals surface area contributed by atoms with Crippen LogP contribution in [0.25, 0.3) is 0 Å². The Bertz CT molecular complexity index is 45.3. The van der Waals surface area contributed by atoms with Gasteiger partial charge in [-0.05, 0) is 21.0 Å². The number of hydrogen-bond donors (Lipinski definition) is 0. The van der Waals surface area contributed by atoms with Gasteiger partial charge < -0.3 is 4.90 Å². The maximum absolute atomic E-state index is 2.26. The van der Waals surface area contributed by atoms with E-state index in [1.807, 2.05) is 0 Å². The fourth-order valence-electron chi connectivity index (χ4n) is 0.365.